The average Bonchev–Trinajstić information content (AvgIpc) is 2.61. The zero-order valence-electron chi connectivity index (χ0n) is 10.3. The zero-order chi connectivity index (χ0) is 12.6. The van der Waals surface area contributed by atoms with E-state index in [1.807, 2.05) is 32.9 Å². The molecule has 1 atom stereocenters. The number of hydrogen-bond donors (Lipinski definition) is 0. The summed E-state index contributed by atoms with van der Waals surface area (Å²) < 4.78 is 16.1. The minimum absolute atomic E-state index is 0.322. The van der Waals surface area contributed by atoms with E-state index in [0.29, 0.717) is 5.02 Å². The van der Waals surface area contributed by atoms with Gasteiger partial charge >= 0.3 is 0 Å². The quantitative estimate of drug-likeness (QED) is 0.767. The molecule has 0 aliphatic heterocycles. The Morgan fingerprint density at radius 1 is 1.29 bits per heavy atom. The fraction of sp³-hybridized carbons (Fsp3) is 0.462. The molecule has 4 heteroatoms. The van der Waals surface area contributed by atoms with Gasteiger partial charge in [-0.25, -0.2) is 4.21 Å². The van der Waals surface area contributed by atoms with Gasteiger partial charge in [-0.2, -0.15) is 4.40 Å². The molecule has 0 N–H and O–H groups in total. The summed E-state index contributed by atoms with van der Waals surface area (Å²) >= 11 is 6.18. The van der Waals surface area contributed by atoms with E-state index in [2.05, 4.69) is 10.5 Å². The van der Waals surface area contributed by atoms with Crippen LogP contribution in [0.1, 0.15) is 38.3 Å². The van der Waals surface area contributed by atoms with Crippen LogP contribution in [0.2, 0.25) is 5.02 Å². The Balaban J connectivity index is 2.41. The summed E-state index contributed by atoms with van der Waals surface area (Å²) in [7, 11) is -1.21. The maximum Gasteiger partial charge on any atom is 0.145 e. The normalized spacial score (nSPS) is 19.4. The van der Waals surface area contributed by atoms with Crippen LogP contribution >= 0.6 is 11.6 Å². The van der Waals surface area contributed by atoms with Crippen LogP contribution in [0.3, 0.4) is 0 Å². The highest BCUT2D eigenvalue weighted by Crippen LogP contribution is 2.30. The second-order valence-electron chi connectivity index (χ2n) is 5.17. The van der Waals surface area contributed by atoms with Gasteiger partial charge in [0, 0.05) is 10.6 Å². The van der Waals surface area contributed by atoms with Crippen molar-refractivity contribution in [2.45, 2.75) is 38.4 Å². The molecule has 92 valence electrons. The van der Waals surface area contributed by atoms with Crippen LogP contribution in [0.5, 0.6) is 0 Å². The van der Waals surface area contributed by atoms with E-state index in [0.717, 1.165) is 24.1 Å². The smallest absolute Gasteiger partial charge is 0.145 e. The van der Waals surface area contributed by atoms with Gasteiger partial charge in [0.15, 0.2) is 0 Å². The highest BCUT2D eigenvalue weighted by molar-refractivity contribution is 7.85. The molecule has 1 aliphatic carbocycles. The predicted molar refractivity (Wildman–Crippen MR) is 74.2 cm³/mol. The molecule has 0 amide bonds. The first-order chi connectivity index (χ1) is 7.89. The molecule has 1 aliphatic rings. The van der Waals surface area contributed by atoms with Crippen molar-refractivity contribution in [3.63, 3.8) is 0 Å². The van der Waals surface area contributed by atoms with Crippen molar-refractivity contribution < 1.29 is 4.21 Å². The lowest BCUT2D eigenvalue weighted by atomic mass is 10.1. The molecule has 0 heterocycles. The van der Waals surface area contributed by atoms with Gasteiger partial charge in [0.2, 0.25) is 0 Å². The first-order valence-electron chi connectivity index (χ1n) is 5.67. The Bertz CT molecular complexity index is 503. The highest BCUT2D eigenvalue weighted by Gasteiger charge is 2.24. The first kappa shape index (κ1) is 12.8. The van der Waals surface area contributed by atoms with Crippen LogP contribution in [-0.4, -0.2) is 14.7 Å². The van der Waals surface area contributed by atoms with E-state index in [1.54, 1.807) is 0 Å². The van der Waals surface area contributed by atoms with Gasteiger partial charge in [0.1, 0.15) is 11.0 Å². The number of nitrogens with zero attached hydrogens (tertiary/aromatic N) is 1. The third kappa shape index (κ3) is 2.61. The molecule has 0 fully saturated rings. The van der Waals surface area contributed by atoms with E-state index in [1.165, 1.54) is 5.56 Å². The summed E-state index contributed by atoms with van der Waals surface area (Å²) in [5.74, 6) is 0. The molecule has 2 nitrogen and oxygen atoms in total. The van der Waals surface area contributed by atoms with Gasteiger partial charge in [-0.05, 0) is 45.2 Å². The average molecular weight is 270 g/mol. The van der Waals surface area contributed by atoms with Gasteiger partial charge in [-0.15, -0.1) is 0 Å². The topological polar surface area (TPSA) is 29.4 Å². The van der Waals surface area contributed by atoms with Crippen molar-refractivity contribution in [3.05, 3.63) is 34.3 Å². The van der Waals surface area contributed by atoms with Crippen molar-refractivity contribution in [1.29, 1.82) is 0 Å². The molecule has 0 spiro atoms. The maximum absolute atomic E-state index is 12.0. The number of hydrogen-bond acceptors (Lipinski definition) is 1. The molecule has 1 aromatic rings. The van der Waals surface area contributed by atoms with Crippen LogP contribution in [0, 0.1) is 0 Å². The molecule has 0 saturated heterocycles. The number of benzene rings is 1. The molecule has 1 aromatic carbocycles. The van der Waals surface area contributed by atoms with E-state index in [-0.39, 0.29) is 4.75 Å². The molecule has 17 heavy (non-hydrogen) atoms. The Hall–Kier alpha value is -0.670. The molecular formula is C13H16ClNOS. The summed E-state index contributed by atoms with van der Waals surface area (Å²) in [5.41, 5.74) is 3.09. The van der Waals surface area contributed by atoms with Gasteiger partial charge < -0.3 is 0 Å². The Morgan fingerprint density at radius 2 is 2.00 bits per heavy atom. The standard InChI is InChI=1S/C13H16ClNOS/c1-13(2,3)17(16)15-11-8-7-9-5-4-6-10(14)12(9)11/h4-6H,7-8H2,1-3H3/b15-11+. The van der Waals surface area contributed by atoms with Gasteiger partial charge in [0.05, 0.1) is 10.5 Å². The van der Waals surface area contributed by atoms with Crippen LogP contribution < -0.4 is 0 Å². The lowest BCUT2D eigenvalue weighted by Gasteiger charge is -2.14. The van der Waals surface area contributed by atoms with Gasteiger partial charge in [-0.3, -0.25) is 0 Å². The molecule has 0 saturated carbocycles. The van der Waals surface area contributed by atoms with Crippen LogP contribution in [0.25, 0.3) is 0 Å². The van der Waals surface area contributed by atoms with Gasteiger partial charge in [-0.1, -0.05) is 23.7 Å². The van der Waals surface area contributed by atoms with E-state index in [4.69, 9.17) is 11.6 Å². The summed E-state index contributed by atoms with van der Waals surface area (Å²) in [6.07, 6.45) is 1.77. The van der Waals surface area contributed by atoms with Crippen molar-refractivity contribution >= 4 is 28.3 Å². The van der Waals surface area contributed by atoms with Gasteiger partial charge in [0.25, 0.3) is 0 Å². The summed E-state index contributed by atoms with van der Waals surface area (Å²) in [6.45, 7) is 5.78. The minimum atomic E-state index is -1.21. The lowest BCUT2D eigenvalue weighted by Crippen LogP contribution is -2.20. The van der Waals surface area contributed by atoms with E-state index >= 15 is 0 Å². The number of aryl methyl sites for hydroxylation is 1. The maximum atomic E-state index is 12.0. The predicted octanol–water partition coefficient (Wildman–Crippen LogP) is 3.54. The summed E-state index contributed by atoms with van der Waals surface area (Å²) in [6, 6.07) is 5.87. The monoisotopic (exact) mass is 269 g/mol. The van der Waals surface area contributed by atoms with Crippen LogP contribution in [0.4, 0.5) is 0 Å². The molecule has 0 bridgehead atoms. The lowest BCUT2D eigenvalue weighted by molar-refractivity contribution is 0.650. The second kappa shape index (κ2) is 4.54. The largest absolute Gasteiger partial charge is 0.234 e. The Kier molecular flexibility index (Phi) is 3.41. The zero-order valence-corrected chi connectivity index (χ0v) is 11.9. The van der Waals surface area contributed by atoms with Crippen LogP contribution in [0.15, 0.2) is 22.6 Å². The molecular weight excluding hydrogens is 254 g/mol. The summed E-state index contributed by atoms with van der Waals surface area (Å²) in [5, 5.41) is 0.713. The van der Waals surface area contributed by atoms with E-state index < -0.39 is 11.0 Å². The van der Waals surface area contributed by atoms with Crippen molar-refractivity contribution in [2.24, 2.45) is 4.40 Å². The highest BCUT2D eigenvalue weighted by atomic mass is 35.5. The number of rotatable bonds is 1. The van der Waals surface area contributed by atoms with Crippen molar-refractivity contribution in [2.75, 3.05) is 0 Å². The molecule has 1 unspecified atom stereocenters. The fourth-order valence-corrected chi connectivity index (χ4v) is 2.77. The molecule has 0 aromatic heterocycles. The van der Waals surface area contributed by atoms with E-state index in [9.17, 15) is 4.21 Å². The van der Waals surface area contributed by atoms with Crippen LogP contribution in [-0.2, 0) is 17.4 Å². The second-order valence-corrected chi connectivity index (χ2v) is 7.49. The Morgan fingerprint density at radius 3 is 2.65 bits per heavy atom. The third-order valence-corrected chi connectivity index (χ3v) is 4.49. The SMILES string of the molecule is CC(C)(C)S(=O)/N=C1\CCc2cccc(Cl)c21. The number of halogens is 1. The third-order valence-electron chi connectivity index (χ3n) is 2.74. The fourth-order valence-electron chi connectivity index (χ4n) is 1.81. The summed E-state index contributed by atoms with van der Waals surface area (Å²) in [4.78, 5) is 0. The number of fused-ring (bicyclic) bond motifs is 1. The molecule has 0 radical (unpaired) electrons. The van der Waals surface area contributed by atoms with Crippen molar-refractivity contribution in [3.8, 4) is 0 Å². The first-order valence-corrected chi connectivity index (χ1v) is 7.15. The molecule has 2 rings (SSSR count). The Labute approximate surface area is 110 Å². The minimum Gasteiger partial charge on any atom is -0.234 e. The van der Waals surface area contributed by atoms with Crippen molar-refractivity contribution in [1.82, 2.24) is 0 Å².